The van der Waals surface area contributed by atoms with Crippen molar-refractivity contribution in [2.45, 2.75) is 6.92 Å². The number of ketones is 3. The van der Waals surface area contributed by atoms with Crippen molar-refractivity contribution in [3.63, 3.8) is 0 Å². The van der Waals surface area contributed by atoms with Crippen LogP contribution in [0.2, 0.25) is 0 Å². The second-order valence-corrected chi connectivity index (χ2v) is 2.71. The van der Waals surface area contributed by atoms with Gasteiger partial charge >= 0.3 is 5.97 Å². The van der Waals surface area contributed by atoms with Crippen LogP contribution in [0, 0.1) is 0 Å². The topological polar surface area (TPSA) is 88.5 Å². The minimum Gasteiger partial charge on any atom is -0.478 e. The van der Waals surface area contributed by atoms with E-state index in [1.54, 1.807) is 0 Å². The zero-order chi connectivity index (χ0) is 10.9. The number of carbonyl (C=O) groups excluding carboxylic acids is 3. The summed E-state index contributed by atoms with van der Waals surface area (Å²) < 4.78 is 0. The van der Waals surface area contributed by atoms with E-state index in [1.807, 2.05) is 0 Å². The van der Waals surface area contributed by atoms with Crippen LogP contribution in [-0.2, 0) is 19.2 Å². The Morgan fingerprint density at radius 1 is 1.07 bits per heavy atom. The van der Waals surface area contributed by atoms with Gasteiger partial charge < -0.3 is 5.11 Å². The molecule has 0 aliphatic heterocycles. The summed E-state index contributed by atoms with van der Waals surface area (Å²) in [5, 5.41) is 8.50. The van der Waals surface area contributed by atoms with Gasteiger partial charge in [-0.05, 0) is 6.92 Å². The third-order valence-electron chi connectivity index (χ3n) is 1.69. The van der Waals surface area contributed by atoms with Crippen LogP contribution in [0.3, 0.4) is 0 Å². The molecule has 0 fully saturated rings. The lowest BCUT2D eigenvalue weighted by Crippen LogP contribution is -2.21. The molecule has 0 amide bonds. The molecule has 5 heteroatoms. The van der Waals surface area contributed by atoms with Crippen LogP contribution in [0.4, 0.5) is 0 Å². The van der Waals surface area contributed by atoms with Gasteiger partial charge in [-0.1, -0.05) is 0 Å². The van der Waals surface area contributed by atoms with E-state index in [4.69, 9.17) is 5.11 Å². The zero-order valence-electron chi connectivity index (χ0n) is 7.23. The summed E-state index contributed by atoms with van der Waals surface area (Å²) in [4.78, 5) is 43.4. The van der Waals surface area contributed by atoms with Crippen molar-refractivity contribution in [2.24, 2.45) is 0 Å². The van der Waals surface area contributed by atoms with Gasteiger partial charge in [0.2, 0.25) is 0 Å². The van der Waals surface area contributed by atoms with Gasteiger partial charge in [-0.3, -0.25) is 14.4 Å². The minimum atomic E-state index is -1.47. The molecule has 0 spiro atoms. The maximum atomic E-state index is 11.1. The van der Waals surface area contributed by atoms with Gasteiger partial charge in [0.15, 0.2) is 17.3 Å². The number of carboxylic acid groups (broad SMARTS) is 1. The number of rotatable bonds is 2. The highest BCUT2D eigenvalue weighted by Gasteiger charge is 2.26. The molecule has 0 saturated carbocycles. The standard InChI is InChI=1S/C9H6O5/c1-4(10)5-2-8(12)6(9(13)14)3-7(5)11/h2-3H,1H3,(H,13,14). The monoisotopic (exact) mass is 194 g/mol. The summed E-state index contributed by atoms with van der Waals surface area (Å²) in [7, 11) is 0. The second kappa shape index (κ2) is 3.37. The number of carbonyl (C=O) groups is 4. The van der Waals surface area contributed by atoms with Crippen molar-refractivity contribution in [3.05, 3.63) is 23.3 Å². The van der Waals surface area contributed by atoms with Crippen LogP contribution in [0.1, 0.15) is 6.92 Å². The first-order valence-electron chi connectivity index (χ1n) is 3.69. The normalized spacial score (nSPS) is 16.1. The largest absolute Gasteiger partial charge is 0.478 e. The van der Waals surface area contributed by atoms with Gasteiger partial charge in [0.1, 0.15) is 5.57 Å². The SMILES string of the molecule is CC(=O)C1=CC(=O)C(C(=O)O)=CC1=O. The van der Waals surface area contributed by atoms with Crippen molar-refractivity contribution in [3.8, 4) is 0 Å². The van der Waals surface area contributed by atoms with Gasteiger partial charge in [0.05, 0.1) is 5.57 Å². The molecule has 1 N–H and O–H groups in total. The average Bonchev–Trinajstić information content (AvgIpc) is 2.07. The molecule has 5 nitrogen and oxygen atoms in total. The van der Waals surface area contributed by atoms with Gasteiger partial charge in [-0.2, -0.15) is 0 Å². The highest BCUT2D eigenvalue weighted by Crippen LogP contribution is 2.12. The van der Waals surface area contributed by atoms with E-state index in [2.05, 4.69) is 0 Å². The summed E-state index contributed by atoms with van der Waals surface area (Å²) in [6.45, 7) is 1.14. The molecule has 1 aliphatic rings. The molecule has 0 heterocycles. The van der Waals surface area contributed by atoms with E-state index in [-0.39, 0.29) is 5.57 Å². The first kappa shape index (κ1) is 10.0. The lowest BCUT2D eigenvalue weighted by atomic mass is 9.95. The van der Waals surface area contributed by atoms with Crippen LogP contribution >= 0.6 is 0 Å². The Kier molecular flexibility index (Phi) is 2.42. The predicted octanol–water partition coefficient (Wildman–Crippen LogP) is -0.335. The lowest BCUT2D eigenvalue weighted by molar-refractivity contribution is -0.134. The van der Waals surface area contributed by atoms with Crippen molar-refractivity contribution >= 4 is 23.3 Å². The van der Waals surface area contributed by atoms with Crippen LogP contribution in [0.15, 0.2) is 23.3 Å². The fourth-order valence-corrected chi connectivity index (χ4v) is 1.00. The van der Waals surface area contributed by atoms with Crippen LogP contribution in [-0.4, -0.2) is 28.4 Å². The molecule has 0 aromatic heterocycles. The van der Waals surface area contributed by atoms with Crippen molar-refractivity contribution in [1.29, 1.82) is 0 Å². The molecule has 0 unspecified atom stereocenters. The number of hydrogen-bond donors (Lipinski definition) is 1. The van der Waals surface area contributed by atoms with Gasteiger partial charge in [-0.15, -0.1) is 0 Å². The van der Waals surface area contributed by atoms with Gasteiger partial charge in [-0.25, -0.2) is 4.79 Å². The summed E-state index contributed by atoms with van der Waals surface area (Å²) in [5.74, 6) is -3.59. The molecule has 1 aliphatic carbocycles. The molecule has 72 valence electrons. The third-order valence-corrected chi connectivity index (χ3v) is 1.69. The van der Waals surface area contributed by atoms with Crippen molar-refractivity contribution in [1.82, 2.24) is 0 Å². The molecule has 0 aromatic rings. The van der Waals surface area contributed by atoms with Gasteiger partial charge in [0, 0.05) is 12.2 Å². The quantitative estimate of drug-likeness (QED) is 0.480. The smallest absolute Gasteiger partial charge is 0.339 e. The highest BCUT2D eigenvalue weighted by atomic mass is 16.4. The Hall–Kier alpha value is -2.04. The maximum Gasteiger partial charge on any atom is 0.339 e. The van der Waals surface area contributed by atoms with Crippen molar-refractivity contribution < 1.29 is 24.3 Å². The molecule has 0 saturated heterocycles. The maximum absolute atomic E-state index is 11.1. The van der Waals surface area contributed by atoms with E-state index in [9.17, 15) is 19.2 Å². The molecule has 0 bridgehead atoms. The highest BCUT2D eigenvalue weighted by molar-refractivity contribution is 6.36. The summed E-state index contributed by atoms with van der Waals surface area (Å²) >= 11 is 0. The first-order valence-corrected chi connectivity index (χ1v) is 3.69. The molecular formula is C9H6O5. The number of carboxylic acids is 1. The molecule has 0 radical (unpaired) electrons. The molecular weight excluding hydrogens is 188 g/mol. The fraction of sp³-hybridized carbons (Fsp3) is 0.111. The van der Waals surface area contributed by atoms with Crippen LogP contribution < -0.4 is 0 Å². The summed E-state index contributed by atoms with van der Waals surface area (Å²) in [6.07, 6.45) is 1.43. The molecule has 14 heavy (non-hydrogen) atoms. The zero-order valence-corrected chi connectivity index (χ0v) is 7.23. The van der Waals surface area contributed by atoms with E-state index in [1.165, 1.54) is 0 Å². The number of aliphatic carboxylic acids is 1. The van der Waals surface area contributed by atoms with E-state index in [0.717, 1.165) is 13.0 Å². The number of hydrogen-bond acceptors (Lipinski definition) is 4. The molecule has 1 rings (SSSR count). The Labute approximate surface area is 78.7 Å². The van der Waals surface area contributed by atoms with E-state index >= 15 is 0 Å². The molecule has 0 atom stereocenters. The Morgan fingerprint density at radius 2 is 1.50 bits per heavy atom. The number of Topliss-reactive ketones (excluding diaryl/α,β-unsaturated/α-hetero) is 1. The minimum absolute atomic E-state index is 0.278. The Bertz CT molecular complexity index is 371. The van der Waals surface area contributed by atoms with Crippen LogP contribution in [0.5, 0.6) is 0 Å². The predicted molar refractivity (Wildman–Crippen MR) is 44.5 cm³/mol. The summed E-state index contributed by atoms with van der Waals surface area (Å²) in [5.41, 5.74) is -0.889. The van der Waals surface area contributed by atoms with E-state index in [0.29, 0.717) is 6.08 Å². The Morgan fingerprint density at radius 3 is 1.93 bits per heavy atom. The Balaban J connectivity index is 3.14. The fourth-order valence-electron chi connectivity index (χ4n) is 1.00. The third kappa shape index (κ3) is 1.66. The lowest BCUT2D eigenvalue weighted by Gasteiger charge is -2.05. The number of allylic oxidation sites excluding steroid dienone is 3. The summed E-state index contributed by atoms with van der Waals surface area (Å²) in [6, 6.07) is 0. The van der Waals surface area contributed by atoms with Gasteiger partial charge in [0.25, 0.3) is 0 Å². The molecule has 0 aromatic carbocycles. The van der Waals surface area contributed by atoms with E-state index < -0.39 is 28.9 Å². The van der Waals surface area contributed by atoms with Crippen molar-refractivity contribution in [2.75, 3.05) is 0 Å². The second-order valence-electron chi connectivity index (χ2n) is 2.71. The van der Waals surface area contributed by atoms with Crippen LogP contribution in [0.25, 0.3) is 0 Å². The first-order chi connectivity index (χ1) is 6.43. The average molecular weight is 194 g/mol.